The molecule has 0 saturated carbocycles. The van der Waals surface area contributed by atoms with Gasteiger partial charge in [0.15, 0.2) is 5.65 Å². The van der Waals surface area contributed by atoms with Crippen molar-refractivity contribution in [1.29, 1.82) is 0 Å². The van der Waals surface area contributed by atoms with Crippen molar-refractivity contribution in [2.45, 2.75) is 26.3 Å². The van der Waals surface area contributed by atoms with Gasteiger partial charge in [-0.15, -0.1) is 0 Å². The molecule has 4 rings (SSSR count). The number of rotatable bonds is 2. The number of amides is 2. The summed E-state index contributed by atoms with van der Waals surface area (Å²) in [5.74, 6) is -0.673. The lowest BCUT2D eigenvalue weighted by Crippen LogP contribution is -2.52. The van der Waals surface area contributed by atoms with Crippen molar-refractivity contribution < 1.29 is 9.59 Å². The van der Waals surface area contributed by atoms with Crippen molar-refractivity contribution >= 4 is 22.8 Å². The SMILES string of the molecule is Cc1nn(C)c2ncc(CN3CCN(C(=O)C(=O)N4CCCC4)CC3)cc12. The maximum absolute atomic E-state index is 12.4. The van der Waals surface area contributed by atoms with E-state index in [4.69, 9.17) is 0 Å². The highest BCUT2D eigenvalue weighted by molar-refractivity contribution is 6.34. The molecule has 2 aromatic rings. The van der Waals surface area contributed by atoms with Gasteiger partial charge >= 0.3 is 11.8 Å². The van der Waals surface area contributed by atoms with Gasteiger partial charge in [-0.2, -0.15) is 5.10 Å². The van der Waals surface area contributed by atoms with Crippen LogP contribution in [0.2, 0.25) is 0 Å². The Morgan fingerprint density at radius 1 is 1.00 bits per heavy atom. The molecule has 0 atom stereocenters. The Balaban J connectivity index is 1.35. The third-order valence-electron chi connectivity index (χ3n) is 5.56. The molecule has 2 aliphatic rings. The first-order valence-electron chi connectivity index (χ1n) is 9.61. The van der Waals surface area contributed by atoms with Gasteiger partial charge in [0.2, 0.25) is 0 Å². The zero-order chi connectivity index (χ0) is 19.0. The van der Waals surface area contributed by atoms with E-state index in [9.17, 15) is 9.59 Å². The minimum absolute atomic E-state index is 0.331. The van der Waals surface area contributed by atoms with Gasteiger partial charge in [0.25, 0.3) is 0 Å². The van der Waals surface area contributed by atoms with E-state index in [0.29, 0.717) is 26.2 Å². The van der Waals surface area contributed by atoms with Crippen LogP contribution < -0.4 is 0 Å². The van der Waals surface area contributed by atoms with Crippen LogP contribution in [0, 0.1) is 6.92 Å². The summed E-state index contributed by atoms with van der Waals surface area (Å²) in [4.78, 5) is 34.9. The van der Waals surface area contributed by atoms with Gasteiger partial charge in [-0.05, 0) is 31.4 Å². The Labute approximate surface area is 158 Å². The Morgan fingerprint density at radius 3 is 2.30 bits per heavy atom. The number of piperazine rings is 1. The number of fused-ring (bicyclic) bond motifs is 1. The average Bonchev–Trinajstić information content (AvgIpc) is 3.30. The summed E-state index contributed by atoms with van der Waals surface area (Å²) in [6.07, 6.45) is 3.90. The van der Waals surface area contributed by atoms with Crippen LogP contribution in [0.15, 0.2) is 12.3 Å². The minimum Gasteiger partial charge on any atom is -0.334 e. The summed E-state index contributed by atoms with van der Waals surface area (Å²) in [6.45, 7) is 6.95. The van der Waals surface area contributed by atoms with Gasteiger partial charge in [-0.3, -0.25) is 19.2 Å². The highest BCUT2D eigenvalue weighted by Crippen LogP contribution is 2.18. The molecule has 8 heteroatoms. The largest absolute Gasteiger partial charge is 0.334 e. The molecule has 2 fully saturated rings. The molecule has 0 radical (unpaired) electrons. The molecule has 0 aliphatic carbocycles. The first kappa shape index (κ1) is 17.9. The summed E-state index contributed by atoms with van der Waals surface area (Å²) in [5, 5.41) is 5.50. The monoisotopic (exact) mass is 370 g/mol. The van der Waals surface area contributed by atoms with Crippen molar-refractivity contribution in [3.8, 4) is 0 Å². The van der Waals surface area contributed by atoms with Crippen molar-refractivity contribution in [3.63, 3.8) is 0 Å². The minimum atomic E-state index is -0.342. The Bertz CT molecular complexity index is 862. The Morgan fingerprint density at radius 2 is 1.63 bits per heavy atom. The molecular formula is C19H26N6O2. The number of likely N-dealkylation sites (tertiary alicyclic amines) is 1. The molecule has 144 valence electrons. The van der Waals surface area contributed by atoms with Crippen LogP contribution in [0.3, 0.4) is 0 Å². The predicted molar refractivity (Wildman–Crippen MR) is 101 cm³/mol. The standard InChI is InChI=1S/C19H26N6O2/c1-14-16-11-15(12-20-17(16)22(2)21-14)13-23-7-9-25(10-8-23)19(27)18(26)24-5-3-4-6-24/h11-12H,3-10,13H2,1-2H3. The van der Waals surface area contributed by atoms with Crippen LogP contribution in [0.1, 0.15) is 24.1 Å². The van der Waals surface area contributed by atoms with Crippen LogP contribution >= 0.6 is 0 Å². The van der Waals surface area contributed by atoms with Crippen molar-refractivity contribution in [3.05, 3.63) is 23.5 Å². The Hall–Kier alpha value is -2.48. The van der Waals surface area contributed by atoms with Crippen LogP contribution in [0.25, 0.3) is 11.0 Å². The molecule has 2 saturated heterocycles. The summed E-state index contributed by atoms with van der Waals surface area (Å²) in [5.41, 5.74) is 3.02. The molecule has 4 heterocycles. The molecule has 0 N–H and O–H groups in total. The highest BCUT2D eigenvalue weighted by atomic mass is 16.2. The second-order valence-corrected chi connectivity index (χ2v) is 7.49. The molecule has 0 spiro atoms. The summed E-state index contributed by atoms with van der Waals surface area (Å²) in [7, 11) is 1.90. The van der Waals surface area contributed by atoms with E-state index in [1.54, 1.807) is 14.5 Å². The van der Waals surface area contributed by atoms with Crippen LogP contribution in [-0.2, 0) is 23.2 Å². The second-order valence-electron chi connectivity index (χ2n) is 7.49. The lowest BCUT2D eigenvalue weighted by atomic mass is 10.2. The van der Waals surface area contributed by atoms with Gasteiger partial charge in [0.05, 0.1) is 5.69 Å². The molecule has 0 bridgehead atoms. The van der Waals surface area contributed by atoms with Gasteiger partial charge in [0, 0.05) is 64.4 Å². The van der Waals surface area contributed by atoms with Gasteiger partial charge in [-0.25, -0.2) is 4.98 Å². The molecule has 2 amide bonds. The predicted octanol–water partition coefficient (Wildman–Crippen LogP) is 0.543. The van der Waals surface area contributed by atoms with Crippen molar-refractivity contribution in [2.75, 3.05) is 39.3 Å². The molecule has 2 aliphatic heterocycles. The molecule has 2 aromatic heterocycles. The zero-order valence-electron chi connectivity index (χ0n) is 16.0. The summed E-state index contributed by atoms with van der Waals surface area (Å²) < 4.78 is 1.80. The number of aryl methyl sites for hydroxylation is 2. The highest BCUT2D eigenvalue weighted by Gasteiger charge is 2.30. The fraction of sp³-hybridized carbons (Fsp3) is 0.579. The molecule has 0 aromatic carbocycles. The van der Waals surface area contributed by atoms with E-state index in [0.717, 1.165) is 54.8 Å². The molecule has 27 heavy (non-hydrogen) atoms. The number of carbonyl (C=O) groups is 2. The zero-order valence-corrected chi connectivity index (χ0v) is 16.0. The maximum Gasteiger partial charge on any atom is 0.312 e. The number of hydrogen-bond donors (Lipinski definition) is 0. The summed E-state index contributed by atoms with van der Waals surface area (Å²) >= 11 is 0. The lowest BCUT2D eigenvalue weighted by molar-refractivity contribution is -0.152. The topological polar surface area (TPSA) is 74.6 Å². The number of nitrogens with zero attached hydrogens (tertiary/aromatic N) is 6. The second kappa shape index (κ2) is 7.26. The van der Waals surface area contributed by atoms with Crippen LogP contribution in [-0.4, -0.2) is 80.5 Å². The number of carbonyl (C=O) groups excluding carboxylic acids is 2. The Kier molecular flexibility index (Phi) is 4.82. The maximum atomic E-state index is 12.4. The van der Waals surface area contributed by atoms with Crippen molar-refractivity contribution in [1.82, 2.24) is 29.5 Å². The smallest absolute Gasteiger partial charge is 0.312 e. The number of pyridine rings is 1. The van der Waals surface area contributed by atoms with E-state index in [1.165, 1.54) is 0 Å². The van der Waals surface area contributed by atoms with Gasteiger partial charge in [0.1, 0.15) is 0 Å². The average molecular weight is 370 g/mol. The first-order chi connectivity index (χ1) is 13.0. The van der Waals surface area contributed by atoms with E-state index < -0.39 is 0 Å². The van der Waals surface area contributed by atoms with E-state index in [-0.39, 0.29) is 11.8 Å². The van der Waals surface area contributed by atoms with Gasteiger partial charge < -0.3 is 9.80 Å². The van der Waals surface area contributed by atoms with Crippen LogP contribution in [0.4, 0.5) is 0 Å². The molecule has 0 unspecified atom stereocenters. The van der Waals surface area contributed by atoms with E-state index >= 15 is 0 Å². The molecular weight excluding hydrogens is 344 g/mol. The van der Waals surface area contributed by atoms with Crippen molar-refractivity contribution in [2.24, 2.45) is 7.05 Å². The van der Waals surface area contributed by atoms with E-state index in [1.807, 2.05) is 20.2 Å². The summed E-state index contributed by atoms with van der Waals surface area (Å²) in [6, 6.07) is 2.15. The third-order valence-corrected chi connectivity index (χ3v) is 5.56. The number of aromatic nitrogens is 3. The van der Waals surface area contributed by atoms with E-state index in [2.05, 4.69) is 21.0 Å². The quantitative estimate of drug-likeness (QED) is 0.722. The fourth-order valence-electron chi connectivity index (χ4n) is 4.00. The fourth-order valence-corrected chi connectivity index (χ4v) is 4.00. The lowest BCUT2D eigenvalue weighted by Gasteiger charge is -2.34. The van der Waals surface area contributed by atoms with Crippen LogP contribution in [0.5, 0.6) is 0 Å². The third kappa shape index (κ3) is 3.53. The number of hydrogen-bond acceptors (Lipinski definition) is 5. The first-order valence-corrected chi connectivity index (χ1v) is 9.61. The molecule has 8 nitrogen and oxygen atoms in total. The van der Waals surface area contributed by atoms with Gasteiger partial charge in [-0.1, -0.05) is 0 Å². The normalized spacial score (nSPS) is 18.4.